The summed E-state index contributed by atoms with van der Waals surface area (Å²) in [5, 5.41) is 20.9. The van der Waals surface area contributed by atoms with Gasteiger partial charge >= 0.3 is 61.1 Å². The molecule has 0 amide bonds. The van der Waals surface area contributed by atoms with Gasteiger partial charge in [0.2, 0.25) is 0 Å². The molecule has 0 bridgehead atoms. The molecule has 0 atom stereocenters. The van der Waals surface area contributed by atoms with Crippen LogP contribution in [0.25, 0.3) is 0 Å². The summed E-state index contributed by atoms with van der Waals surface area (Å²) in [4.78, 5) is 0. The standard InChI is InChI=1S/2C21H23N3.C7H7.2Ti/c2*1-16(22-18-10-5-3-6-11-18)20-14-9-15-21(24-20)17(2)23-19-12-7-4-8-13-19;1-7-5-3-2-4-6-7;;/h2*3-14,22-24H,15H2,1-2H3;2-6H,1H2;;. The monoisotopic (exact) mass is 821 g/mol. The van der Waals surface area contributed by atoms with Gasteiger partial charge in [-0.25, -0.2) is 0 Å². The van der Waals surface area contributed by atoms with Crippen LogP contribution in [0, 0.1) is 0 Å². The predicted molar refractivity (Wildman–Crippen MR) is 235 cm³/mol. The summed E-state index contributed by atoms with van der Waals surface area (Å²) in [6.45, 7) is 8.38. The molecule has 0 unspecified atom stereocenters. The van der Waals surface area contributed by atoms with Crippen molar-refractivity contribution in [1.29, 1.82) is 0 Å². The van der Waals surface area contributed by atoms with Crippen LogP contribution in [0.1, 0.15) is 46.1 Å². The van der Waals surface area contributed by atoms with Crippen LogP contribution in [-0.4, -0.2) is 0 Å². The van der Waals surface area contributed by atoms with E-state index in [-0.39, 0.29) is 21.7 Å². The van der Waals surface area contributed by atoms with Gasteiger partial charge in [0, 0.05) is 91.5 Å². The first-order valence-corrected chi connectivity index (χ1v) is 20.1. The fourth-order valence-electron chi connectivity index (χ4n) is 5.86. The molecule has 0 aliphatic carbocycles. The Labute approximate surface area is 366 Å². The van der Waals surface area contributed by atoms with Gasteiger partial charge in [-0.1, -0.05) is 84.9 Å². The second kappa shape index (κ2) is 24.4. The van der Waals surface area contributed by atoms with Crippen LogP contribution >= 0.6 is 0 Å². The molecule has 57 heavy (non-hydrogen) atoms. The van der Waals surface area contributed by atoms with Gasteiger partial charge in [0.15, 0.2) is 0 Å². The van der Waals surface area contributed by atoms with Crippen LogP contribution < -0.4 is 31.9 Å². The quantitative estimate of drug-likeness (QED) is 0.0833. The molecule has 5 aromatic carbocycles. The summed E-state index contributed by atoms with van der Waals surface area (Å²) in [7, 11) is 0. The summed E-state index contributed by atoms with van der Waals surface area (Å²) in [6, 6.07) is 51.4. The average molecular weight is 822 g/mol. The minimum absolute atomic E-state index is 0. The first-order valence-electron chi connectivity index (χ1n) is 19.0. The Balaban J connectivity index is 0.000000209. The van der Waals surface area contributed by atoms with E-state index in [0.717, 1.165) is 74.5 Å². The molecular formula is C49H53N6Ti2. The molecule has 6 nitrogen and oxygen atoms in total. The second-order valence-electron chi connectivity index (χ2n) is 13.4. The zero-order valence-electron chi connectivity index (χ0n) is 33.4. The van der Waals surface area contributed by atoms with Gasteiger partial charge in [-0.3, -0.25) is 0 Å². The van der Waals surface area contributed by atoms with Crippen LogP contribution in [0.15, 0.2) is 222 Å². The summed E-state index contributed by atoms with van der Waals surface area (Å²) in [5.41, 5.74) is 14.8. The third-order valence-electron chi connectivity index (χ3n) is 8.97. The summed E-state index contributed by atoms with van der Waals surface area (Å²) >= 11 is 2.16. The predicted octanol–water partition coefficient (Wildman–Crippen LogP) is 12.2. The second-order valence-corrected chi connectivity index (χ2v) is 13.9. The molecule has 287 valence electrons. The van der Waals surface area contributed by atoms with Gasteiger partial charge in [-0.15, -0.1) is 0 Å². The van der Waals surface area contributed by atoms with Crippen molar-refractivity contribution in [2.75, 3.05) is 21.3 Å². The Bertz CT molecular complexity index is 2010. The fourth-order valence-corrected chi connectivity index (χ4v) is 6.23. The van der Waals surface area contributed by atoms with Crippen molar-refractivity contribution >= 4 is 22.7 Å². The van der Waals surface area contributed by atoms with Gasteiger partial charge in [0.1, 0.15) is 0 Å². The number of benzene rings is 5. The van der Waals surface area contributed by atoms with Crippen molar-refractivity contribution in [3.63, 3.8) is 0 Å². The van der Waals surface area contributed by atoms with E-state index < -0.39 is 0 Å². The van der Waals surface area contributed by atoms with E-state index in [1.807, 2.05) is 78.9 Å². The molecule has 2 aliphatic rings. The van der Waals surface area contributed by atoms with E-state index in [4.69, 9.17) is 0 Å². The zero-order valence-corrected chi connectivity index (χ0v) is 36.5. The summed E-state index contributed by atoms with van der Waals surface area (Å²) in [5.74, 6) is 0. The molecule has 7 rings (SSSR count). The van der Waals surface area contributed by atoms with Crippen molar-refractivity contribution < 1.29 is 42.2 Å². The summed E-state index contributed by atoms with van der Waals surface area (Å²) in [6.07, 6.45) is 10.4. The fraction of sp³-hybridized carbons (Fsp3) is 0.143. The van der Waals surface area contributed by atoms with Crippen LogP contribution in [-0.2, 0) is 46.9 Å². The molecular weight excluding hydrogens is 768 g/mol. The number of nitrogens with one attached hydrogen (secondary N) is 6. The van der Waals surface area contributed by atoms with E-state index in [1.54, 1.807) is 0 Å². The third-order valence-corrected chi connectivity index (χ3v) is 9.60. The number of para-hydroxylation sites is 4. The summed E-state index contributed by atoms with van der Waals surface area (Å²) < 4.78 is 1.14. The first kappa shape index (κ1) is 44.5. The normalized spacial score (nSPS) is 16.2. The zero-order chi connectivity index (χ0) is 39.4. The Morgan fingerprint density at radius 1 is 0.439 bits per heavy atom. The number of hydrogen-bond donors (Lipinski definition) is 6. The van der Waals surface area contributed by atoms with Crippen molar-refractivity contribution in [3.05, 3.63) is 227 Å². The number of allylic oxidation sites excluding steroid dienone is 8. The van der Waals surface area contributed by atoms with Crippen molar-refractivity contribution in [2.24, 2.45) is 0 Å². The van der Waals surface area contributed by atoms with E-state index in [1.165, 1.54) is 17.0 Å². The molecule has 0 saturated carbocycles. The Morgan fingerprint density at radius 2 is 0.719 bits per heavy atom. The van der Waals surface area contributed by atoms with Crippen molar-refractivity contribution in [1.82, 2.24) is 10.6 Å². The van der Waals surface area contributed by atoms with Crippen molar-refractivity contribution in [2.45, 2.75) is 45.3 Å². The molecule has 2 heterocycles. The van der Waals surface area contributed by atoms with Gasteiger partial charge < -0.3 is 31.9 Å². The maximum atomic E-state index is 3.54. The van der Waals surface area contributed by atoms with E-state index in [9.17, 15) is 0 Å². The topological polar surface area (TPSA) is 72.2 Å². The Hall–Kier alpha value is -5.23. The molecule has 8 heteroatoms. The number of rotatable bonds is 9. The van der Waals surface area contributed by atoms with Crippen LogP contribution in [0.4, 0.5) is 22.7 Å². The van der Waals surface area contributed by atoms with E-state index >= 15 is 0 Å². The third kappa shape index (κ3) is 15.3. The molecule has 0 fully saturated rings. The van der Waals surface area contributed by atoms with Gasteiger partial charge in [0.25, 0.3) is 0 Å². The van der Waals surface area contributed by atoms with E-state index in [2.05, 4.69) is 177 Å². The molecule has 2 aliphatic heterocycles. The maximum absolute atomic E-state index is 3.54. The molecule has 0 radical (unpaired) electrons. The van der Waals surface area contributed by atoms with E-state index in [0.29, 0.717) is 0 Å². The minimum atomic E-state index is 0. The molecule has 5 aromatic rings. The van der Waals surface area contributed by atoms with Gasteiger partial charge in [-0.05, 0) is 88.4 Å². The van der Waals surface area contributed by atoms with Gasteiger partial charge in [-0.2, -0.15) is 0 Å². The Kier molecular flexibility index (Phi) is 19.1. The number of anilines is 4. The van der Waals surface area contributed by atoms with Crippen LogP contribution in [0.3, 0.4) is 0 Å². The van der Waals surface area contributed by atoms with Gasteiger partial charge in [0.05, 0.1) is 11.4 Å². The molecule has 6 N–H and O–H groups in total. The molecule has 0 spiro atoms. The SMILES string of the molecule is CC(Nc1ccccc1)=C1C=CCC(=C(C)Nc2ccccc2)N1.CC(Nc1ccccc1)=C1C=CCC(=C(C)Nc2ccccc2)N1.[Ti].[Ti][CH2]c1ccccc1. The Morgan fingerprint density at radius 3 is 1.00 bits per heavy atom. The first-order chi connectivity index (χ1) is 27.4. The van der Waals surface area contributed by atoms with Crippen LogP contribution in [0.5, 0.6) is 0 Å². The average Bonchev–Trinajstić information content (AvgIpc) is 3.26. The van der Waals surface area contributed by atoms with Crippen LogP contribution in [0.2, 0.25) is 0 Å². The molecule has 0 aromatic heterocycles. The van der Waals surface area contributed by atoms with Crippen molar-refractivity contribution in [3.8, 4) is 0 Å². The molecule has 0 saturated heterocycles. The number of hydrogen-bond acceptors (Lipinski definition) is 6.